The molecule has 5 aliphatic rings. The van der Waals surface area contributed by atoms with Crippen LogP contribution in [0.4, 0.5) is 0 Å². The van der Waals surface area contributed by atoms with Gasteiger partial charge in [-0.3, -0.25) is 4.90 Å². The molecule has 1 heterocycles. The summed E-state index contributed by atoms with van der Waals surface area (Å²) in [6.07, 6.45) is 18.7. The monoisotopic (exact) mass is 618 g/mol. The van der Waals surface area contributed by atoms with Crippen LogP contribution in [-0.2, 0) is 4.74 Å². The predicted molar refractivity (Wildman–Crippen MR) is 177 cm³/mol. The molecule has 0 aromatic heterocycles. The Morgan fingerprint density at radius 1 is 0.932 bits per heavy atom. The highest BCUT2D eigenvalue weighted by molar-refractivity contribution is 5.25. The molecule has 44 heavy (non-hydrogen) atoms. The first-order valence-corrected chi connectivity index (χ1v) is 18.7. The van der Waals surface area contributed by atoms with Crippen molar-refractivity contribution in [1.29, 1.82) is 0 Å². The average molecular weight is 618 g/mol. The molecule has 0 spiro atoms. The van der Waals surface area contributed by atoms with Crippen molar-refractivity contribution in [2.24, 2.45) is 39.9 Å². The number of fused-ring (bicyclic) bond motifs is 5. The highest BCUT2D eigenvalue weighted by atomic mass is 16.5. The van der Waals surface area contributed by atoms with Crippen LogP contribution in [0.3, 0.4) is 0 Å². The number of unbranched alkanes of at least 4 members (excludes halogenated alkanes) is 4. The van der Waals surface area contributed by atoms with Crippen LogP contribution in [-0.4, -0.2) is 82.1 Å². The van der Waals surface area contributed by atoms with Gasteiger partial charge in [-0.2, -0.15) is 0 Å². The lowest BCUT2D eigenvalue weighted by atomic mass is 9.46. The van der Waals surface area contributed by atoms with E-state index in [-0.39, 0.29) is 13.2 Å². The Kier molecular flexibility index (Phi) is 11.3. The van der Waals surface area contributed by atoms with Crippen molar-refractivity contribution in [2.45, 2.75) is 161 Å². The Morgan fingerprint density at radius 3 is 2.48 bits per heavy atom. The molecule has 11 unspecified atom stereocenters. The topological polar surface area (TPSA) is 93.4 Å². The molecule has 1 aliphatic heterocycles. The van der Waals surface area contributed by atoms with Crippen LogP contribution < -0.4 is 0 Å². The highest BCUT2D eigenvalue weighted by Gasteiger charge is 2.60. The molecule has 4 fully saturated rings. The lowest BCUT2D eigenvalue weighted by Gasteiger charge is -2.59. The molecule has 0 amide bonds. The van der Waals surface area contributed by atoms with E-state index in [2.05, 4.69) is 40.7 Å². The summed E-state index contributed by atoms with van der Waals surface area (Å²) in [5, 5.41) is 39.9. The van der Waals surface area contributed by atoms with Crippen LogP contribution in [0.25, 0.3) is 0 Å². The Morgan fingerprint density at radius 2 is 1.73 bits per heavy atom. The van der Waals surface area contributed by atoms with Gasteiger partial charge in [0.25, 0.3) is 0 Å². The zero-order valence-corrected chi connectivity index (χ0v) is 28.9. The summed E-state index contributed by atoms with van der Waals surface area (Å²) in [5.74, 6) is 3.49. The summed E-state index contributed by atoms with van der Waals surface area (Å²) in [7, 11) is 0. The summed E-state index contributed by atoms with van der Waals surface area (Å²) in [6.45, 7) is 14.4. The van der Waals surface area contributed by atoms with Crippen molar-refractivity contribution >= 4 is 0 Å². The van der Waals surface area contributed by atoms with Gasteiger partial charge in [0, 0.05) is 13.2 Å². The maximum atomic E-state index is 10.2. The van der Waals surface area contributed by atoms with Gasteiger partial charge in [0.05, 0.1) is 24.9 Å². The lowest BCUT2D eigenvalue weighted by molar-refractivity contribution is -0.145. The van der Waals surface area contributed by atoms with E-state index < -0.39 is 24.4 Å². The second kappa shape index (κ2) is 14.3. The first-order chi connectivity index (χ1) is 21.0. The molecule has 4 aliphatic carbocycles. The summed E-state index contributed by atoms with van der Waals surface area (Å²) < 4.78 is 6.47. The third-order valence-corrected chi connectivity index (χ3v) is 14.1. The number of nitrogens with zero attached hydrogens (tertiary/aromatic N) is 1. The van der Waals surface area contributed by atoms with E-state index in [1.54, 1.807) is 5.57 Å². The fraction of sp³-hybridized carbons (Fsp3) is 0.947. The van der Waals surface area contributed by atoms with Crippen LogP contribution in [0.2, 0.25) is 0 Å². The van der Waals surface area contributed by atoms with Gasteiger partial charge in [0.1, 0.15) is 12.2 Å². The van der Waals surface area contributed by atoms with Crippen molar-refractivity contribution in [3.63, 3.8) is 0 Å². The normalized spacial score (nSPS) is 42.8. The molecule has 6 nitrogen and oxygen atoms in total. The first-order valence-electron chi connectivity index (χ1n) is 18.7. The number of rotatable bonds is 13. The number of hydrogen-bond acceptors (Lipinski definition) is 6. The maximum Gasteiger partial charge on any atom is 0.109 e. The van der Waals surface area contributed by atoms with Gasteiger partial charge in [-0.25, -0.2) is 0 Å². The van der Waals surface area contributed by atoms with Crippen molar-refractivity contribution in [3.8, 4) is 0 Å². The molecule has 0 bridgehead atoms. The number of piperidine rings is 1. The number of allylic oxidation sites excluding steroid dienone is 1. The third-order valence-electron chi connectivity index (χ3n) is 14.1. The van der Waals surface area contributed by atoms with Gasteiger partial charge in [-0.05, 0) is 124 Å². The highest BCUT2D eigenvalue weighted by Crippen LogP contribution is 2.68. The Labute approximate surface area is 269 Å². The van der Waals surface area contributed by atoms with Gasteiger partial charge in [0.15, 0.2) is 0 Å². The molecule has 1 saturated heterocycles. The summed E-state index contributed by atoms with van der Waals surface area (Å²) >= 11 is 0. The van der Waals surface area contributed by atoms with Crippen molar-refractivity contribution in [2.75, 3.05) is 26.3 Å². The summed E-state index contributed by atoms with van der Waals surface area (Å²) in [6, 6.07) is -0.514. The van der Waals surface area contributed by atoms with E-state index in [1.165, 1.54) is 70.6 Å². The van der Waals surface area contributed by atoms with E-state index in [4.69, 9.17) is 4.74 Å². The molecular weight excluding hydrogens is 550 g/mol. The molecule has 6 heteroatoms. The summed E-state index contributed by atoms with van der Waals surface area (Å²) in [4.78, 5) is 1.92. The second-order valence-electron chi connectivity index (χ2n) is 17.0. The van der Waals surface area contributed by atoms with Crippen LogP contribution in [0.5, 0.6) is 0 Å². The van der Waals surface area contributed by atoms with Crippen LogP contribution in [0.15, 0.2) is 11.6 Å². The first kappa shape index (κ1) is 34.8. The van der Waals surface area contributed by atoms with Crippen molar-refractivity contribution in [3.05, 3.63) is 11.6 Å². The molecule has 0 radical (unpaired) electrons. The fourth-order valence-corrected chi connectivity index (χ4v) is 11.5. The Bertz CT molecular complexity index is 969. The quantitative estimate of drug-likeness (QED) is 0.140. The van der Waals surface area contributed by atoms with E-state index in [1.807, 2.05) is 4.90 Å². The van der Waals surface area contributed by atoms with E-state index >= 15 is 0 Å². The molecule has 0 aromatic carbocycles. The number of aliphatic hydroxyl groups excluding tert-OH is 4. The Hall–Kier alpha value is -0.500. The van der Waals surface area contributed by atoms with Crippen molar-refractivity contribution < 1.29 is 25.2 Å². The van der Waals surface area contributed by atoms with Crippen LogP contribution in [0, 0.1) is 39.9 Å². The minimum atomic E-state index is -1.19. The van der Waals surface area contributed by atoms with Gasteiger partial charge in [-0.1, -0.05) is 65.5 Å². The van der Waals surface area contributed by atoms with Gasteiger partial charge in [0.2, 0.25) is 0 Å². The minimum Gasteiger partial charge on any atom is -0.395 e. The molecule has 0 aromatic rings. The van der Waals surface area contributed by atoms with Gasteiger partial charge < -0.3 is 25.2 Å². The zero-order chi connectivity index (χ0) is 31.7. The molecule has 3 saturated carbocycles. The molecule has 4 N–H and O–H groups in total. The molecule has 254 valence electrons. The largest absolute Gasteiger partial charge is 0.395 e. The number of likely N-dealkylation sites (tertiary alicyclic amines) is 1. The van der Waals surface area contributed by atoms with E-state index in [0.717, 1.165) is 56.0 Å². The Balaban J connectivity index is 1.09. The number of hydrogen-bond donors (Lipinski definition) is 4. The molecular formula is C38H67NO5. The van der Waals surface area contributed by atoms with Crippen LogP contribution >= 0.6 is 0 Å². The second-order valence-corrected chi connectivity index (χ2v) is 17.0. The zero-order valence-electron chi connectivity index (χ0n) is 28.9. The van der Waals surface area contributed by atoms with Gasteiger partial charge >= 0.3 is 0 Å². The molecule has 5 rings (SSSR count). The van der Waals surface area contributed by atoms with E-state index in [9.17, 15) is 20.4 Å². The minimum absolute atomic E-state index is 0.218. The number of β-amino-alcohol motifs (C(OH)–C–C–N with tert-alkyl or cyclic N) is 1. The maximum absolute atomic E-state index is 10.2. The molecule has 11 atom stereocenters. The van der Waals surface area contributed by atoms with E-state index in [0.29, 0.717) is 28.9 Å². The number of aliphatic hydroxyl groups is 4. The van der Waals surface area contributed by atoms with Crippen LogP contribution in [0.1, 0.15) is 131 Å². The fourth-order valence-electron chi connectivity index (χ4n) is 11.5. The average Bonchev–Trinajstić information content (AvgIpc) is 3.36. The standard InChI is InChI=1S/C38H67NO5/c1-6-7-9-18-36(2,3)33-15-14-29-28-13-12-26-23-27(16-19-37(26,4)30(28)17-20-38(29,33)5)44-22-11-8-10-21-39-24-32(41)35(43)34(42)31(39)25-40/h12,27-35,40-43H,6-11,13-25H2,1-5H3. The smallest absolute Gasteiger partial charge is 0.109 e. The SMILES string of the molecule is CCCCCC(C)(C)C1CCC2C3CC=C4CC(OCCCCCN5CC(O)C(O)C(O)C5CO)CCC4(C)C3CCC21C. The summed E-state index contributed by atoms with van der Waals surface area (Å²) in [5.41, 5.74) is 3.05. The third kappa shape index (κ3) is 6.74. The van der Waals surface area contributed by atoms with Gasteiger partial charge in [-0.15, -0.1) is 0 Å². The lowest BCUT2D eigenvalue weighted by Crippen LogP contribution is -2.62. The predicted octanol–water partition coefficient (Wildman–Crippen LogP) is 6.49. The van der Waals surface area contributed by atoms with Crippen molar-refractivity contribution in [1.82, 2.24) is 4.90 Å². The number of ether oxygens (including phenoxy) is 1.